The quantitative estimate of drug-likeness (QED) is 0.889. The monoisotopic (exact) mass is 336 g/mol. The minimum absolute atomic E-state index is 0.195. The second-order valence-electron chi connectivity index (χ2n) is 4.80. The Morgan fingerprint density at radius 1 is 1.15 bits per heavy atom. The van der Waals surface area contributed by atoms with Crippen molar-refractivity contribution in [2.45, 2.75) is 13.1 Å². The van der Waals surface area contributed by atoms with Gasteiger partial charge in [0.2, 0.25) is 0 Å². The van der Waals surface area contributed by atoms with E-state index in [0.717, 1.165) is 22.3 Å². The van der Waals surface area contributed by atoms with Gasteiger partial charge < -0.3 is 10.2 Å². The summed E-state index contributed by atoms with van der Waals surface area (Å²) in [4.78, 5) is 2.10. The minimum atomic E-state index is -0.195. The molecule has 0 aliphatic heterocycles. The average molecular weight is 337 g/mol. The van der Waals surface area contributed by atoms with E-state index in [1.54, 1.807) is 12.1 Å². The number of halogens is 2. The fourth-order valence-electron chi connectivity index (χ4n) is 2.17. The number of rotatable bonds is 5. The van der Waals surface area contributed by atoms with Crippen LogP contribution in [0.4, 0.5) is 10.1 Å². The van der Waals surface area contributed by atoms with Crippen LogP contribution in [-0.4, -0.2) is 14.1 Å². The highest BCUT2D eigenvalue weighted by atomic mass is 79.9. The Balaban J connectivity index is 2.14. The maximum atomic E-state index is 13.2. The maximum absolute atomic E-state index is 13.2. The average Bonchev–Trinajstić information content (AvgIpc) is 2.39. The van der Waals surface area contributed by atoms with Crippen LogP contribution in [-0.2, 0) is 13.1 Å². The maximum Gasteiger partial charge on any atom is 0.123 e. The Morgan fingerprint density at radius 3 is 2.60 bits per heavy atom. The van der Waals surface area contributed by atoms with Crippen LogP contribution in [0.25, 0.3) is 0 Å². The zero-order chi connectivity index (χ0) is 14.5. The molecule has 2 nitrogen and oxygen atoms in total. The van der Waals surface area contributed by atoms with Crippen LogP contribution in [0, 0.1) is 5.82 Å². The van der Waals surface area contributed by atoms with Gasteiger partial charge in [-0.1, -0.05) is 18.2 Å². The zero-order valence-corrected chi connectivity index (χ0v) is 13.2. The van der Waals surface area contributed by atoms with E-state index in [9.17, 15) is 4.39 Å². The first kappa shape index (κ1) is 15.0. The molecule has 0 fully saturated rings. The van der Waals surface area contributed by atoms with E-state index in [1.165, 1.54) is 11.6 Å². The molecule has 0 saturated heterocycles. The Morgan fingerprint density at radius 2 is 1.95 bits per heavy atom. The SMILES string of the molecule is CNCc1ccc(N(C)Cc2cccc(F)c2)c(Br)c1. The molecule has 0 aromatic heterocycles. The normalized spacial score (nSPS) is 10.6. The van der Waals surface area contributed by atoms with Crippen LogP contribution in [0.1, 0.15) is 11.1 Å². The number of benzene rings is 2. The second-order valence-corrected chi connectivity index (χ2v) is 5.66. The molecule has 2 aromatic rings. The van der Waals surface area contributed by atoms with Crippen molar-refractivity contribution in [3.8, 4) is 0 Å². The Labute approximate surface area is 127 Å². The molecule has 2 aromatic carbocycles. The molecule has 0 aliphatic carbocycles. The van der Waals surface area contributed by atoms with E-state index in [2.05, 4.69) is 44.3 Å². The molecule has 4 heteroatoms. The van der Waals surface area contributed by atoms with Crippen molar-refractivity contribution < 1.29 is 4.39 Å². The molecule has 20 heavy (non-hydrogen) atoms. The molecule has 0 aliphatic rings. The lowest BCUT2D eigenvalue weighted by Crippen LogP contribution is -2.17. The van der Waals surface area contributed by atoms with Gasteiger partial charge >= 0.3 is 0 Å². The Hall–Kier alpha value is -1.39. The number of hydrogen-bond donors (Lipinski definition) is 1. The summed E-state index contributed by atoms with van der Waals surface area (Å²) in [6.45, 7) is 1.51. The van der Waals surface area contributed by atoms with Gasteiger partial charge in [-0.25, -0.2) is 4.39 Å². The lowest BCUT2D eigenvalue weighted by molar-refractivity contribution is 0.625. The summed E-state index contributed by atoms with van der Waals surface area (Å²) in [6, 6.07) is 13.0. The Bertz CT molecular complexity index is 586. The molecule has 0 amide bonds. The van der Waals surface area contributed by atoms with Gasteiger partial charge in [0.1, 0.15) is 5.82 Å². The Kier molecular flexibility index (Phi) is 5.15. The van der Waals surface area contributed by atoms with E-state index in [4.69, 9.17) is 0 Å². The van der Waals surface area contributed by atoms with Gasteiger partial charge in [-0.15, -0.1) is 0 Å². The van der Waals surface area contributed by atoms with Crippen molar-refractivity contribution in [3.63, 3.8) is 0 Å². The van der Waals surface area contributed by atoms with Gasteiger partial charge in [0.25, 0.3) is 0 Å². The first-order valence-corrected chi connectivity index (χ1v) is 7.28. The molecule has 1 N–H and O–H groups in total. The summed E-state index contributed by atoms with van der Waals surface area (Å²) < 4.78 is 14.2. The van der Waals surface area contributed by atoms with Crippen LogP contribution in [0.15, 0.2) is 46.9 Å². The van der Waals surface area contributed by atoms with Gasteiger partial charge in [-0.3, -0.25) is 0 Å². The fraction of sp³-hybridized carbons (Fsp3) is 0.250. The van der Waals surface area contributed by atoms with Crippen LogP contribution < -0.4 is 10.2 Å². The lowest BCUT2D eigenvalue weighted by Gasteiger charge is -2.21. The summed E-state index contributed by atoms with van der Waals surface area (Å²) >= 11 is 3.60. The molecule has 0 spiro atoms. The van der Waals surface area contributed by atoms with Crippen molar-refractivity contribution in [2.75, 3.05) is 19.0 Å². The van der Waals surface area contributed by atoms with Crippen LogP contribution in [0.5, 0.6) is 0 Å². The van der Waals surface area contributed by atoms with Crippen molar-refractivity contribution in [1.82, 2.24) is 5.32 Å². The summed E-state index contributed by atoms with van der Waals surface area (Å²) in [5.74, 6) is -0.195. The predicted octanol–water partition coefficient (Wildman–Crippen LogP) is 3.94. The summed E-state index contributed by atoms with van der Waals surface area (Å²) in [6.07, 6.45) is 0. The first-order chi connectivity index (χ1) is 9.60. The van der Waals surface area contributed by atoms with Crippen molar-refractivity contribution in [2.24, 2.45) is 0 Å². The van der Waals surface area contributed by atoms with Gasteiger partial charge in [0.15, 0.2) is 0 Å². The van der Waals surface area contributed by atoms with Gasteiger partial charge in [0.05, 0.1) is 5.69 Å². The second kappa shape index (κ2) is 6.86. The summed E-state index contributed by atoms with van der Waals surface area (Å²) in [7, 11) is 3.93. The van der Waals surface area contributed by atoms with Crippen LogP contribution in [0.2, 0.25) is 0 Å². The smallest absolute Gasteiger partial charge is 0.123 e. The van der Waals surface area contributed by atoms with Gasteiger partial charge in [-0.2, -0.15) is 0 Å². The van der Waals surface area contributed by atoms with E-state index in [0.29, 0.717) is 6.54 Å². The zero-order valence-electron chi connectivity index (χ0n) is 11.7. The third-order valence-electron chi connectivity index (χ3n) is 3.11. The standard InChI is InChI=1S/C16H18BrFN2/c1-19-10-12-6-7-16(15(17)9-12)20(2)11-13-4-3-5-14(18)8-13/h3-9,19H,10-11H2,1-2H3. The highest BCUT2D eigenvalue weighted by Gasteiger charge is 2.07. The van der Waals surface area contributed by atoms with Gasteiger partial charge in [0, 0.05) is 24.6 Å². The summed E-state index contributed by atoms with van der Waals surface area (Å²) in [5, 5.41) is 3.13. The first-order valence-electron chi connectivity index (χ1n) is 6.49. The van der Waals surface area contributed by atoms with Gasteiger partial charge in [-0.05, 0) is 58.4 Å². The summed E-state index contributed by atoms with van der Waals surface area (Å²) in [5.41, 5.74) is 3.27. The molecule has 0 bridgehead atoms. The van der Waals surface area contributed by atoms with E-state index >= 15 is 0 Å². The predicted molar refractivity (Wildman–Crippen MR) is 85.4 cm³/mol. The molecular weight excluding hydrogens is 319 g/mol. The molecule has 0 heterocycles. The van der Waals surface area contributed by atoms with Crippen LogP contribution in [0.3, 0.4) is 0 Å². The third kappa shape index (κ3) is 3.81. The lowest BCUT2D eigenvalue weighted by atomic mass is 10.1. The fourth-order valence-corrected chi connectivity index (χ4v) is 2.90. The highest BCUT2D eigenvalue weighted by molar-refractivity contribution is 9.10. The molecule has 0 radical (unpaired) electrons. The van der Waals surface area contributed by atoms with E-state index < -0.39 is 0 Å². The minimum Gasteiger partial charge on any atom is -0.369 e. The van der Waals surface area contributed by atoms with Crippen LogP contribution >= 0.6 is 15.9 Å². The molecule has 0 saturated carbocycles. The van der Waals surface area contributed by atoms with Crippen molar-refractivity contribution >= 4 is 21.6 Å². The van der Waals surface area contributed by atoms with Crippen molar-refractivity contribution in [3.05, 3.63) is 63.9 Å². The molecule has 2 rings (SSSR count). The third-order valence-corrected chi connectivity index (χ3v) is 3.75. The molecule has 0 unspecified atom stereocenters. The molecule has 0 atom stereocenters. The molecule has 106 valence electrons. The number of anilines is 1. The largest absolute Gasteiger partial charge is 0.369 e. The number of nitrogens with zero attached hydrogens (tertiary/aromatic N) is 1. The topological polar surface area (TPSA) is 15.3 Å². The van der Waals surface area contributed by atoms with E-state index in [-0.39, 0.29) is 5.82 Å². The number of hydrogen-bond acceptors (Lipinski definition) is 2. The highest BCUT2D eigenvalue weighted by Crippen LogP contribution is 2.27. The van der Waals surface area contributed by atoms with Crippen molar-refractivity contribution in [1.29, 1.82) is 0 Å². The number of nitrogens with one attached hydrogen (secondary N) is 1. The van der Waals surface area contributed by atoms with E-state index in [1.807, 2.05) is 20.2 Å². The molecular formula is C16H18BrFN2.